The van der Waals surface area contributed by atoms with Gasteiger partial charge in [0.25, 0.3) is 0 Å². The number of hydrogen-bond donors (Lipinski definition) is 1. The minimum atomic E-state index is 0.687. The van der Waals surface area contributed by atoms with Crippen molar-refractivity contribution in [3.8, 4) is 11.3 Å². The van der Waals surface area contributed by atoms with E-state index in [2.05, 4.69) is 40.1 Å². The van der Waals surface area contributed by atoms with Gasteiger partial charge in [-0.2, -0.15) is 0 Å². The highest BCUT2D eigenvalue weighted by atomic mass is 32.1. The molecule has 2 heterocycles. The fraction of sp³-hybridized carbons (Fsp3) is 0.188. The van der Waals surface area contributed by atoms with Gasteiger partial charge in [0.2, 0.25) is 0 Å². The molecule has 0 fully saturated rings. The molecule has 3 rings (SSSR count). The van der Waals surface area contributed by atoms with Gasteiger partial charge < -0.3 is 4.98 Å². The Hall–Kier alpha value is -2.07. The van der Waals surface area contributed by atoms with E-state index < -0.39 is 0 Å². The molecule has 0 saturated heterocycles. The molecule has 2 aromatic heterocycles. The molecule has 100 valence electrons. The quantitative estimate of drug-likeness (QED) is 0.727. The van der Waals surface area contributed by atoms with Gasteiger partial charge in [0.15, 0.2) is 0 Å². The molecule has 1 N–H and O–H groups in total. The molecule has 3 aromatic rings. The van der Waals surface area contributed by atoms with Gasteiger partial charge in [-0.1, -0.05) is 37.7 Å². The van der Waals surface area contributed by atoms with E-state index in [1.54, 1.807) is 6.33 Å². The molecule has 0 unspecified atom stereocenters. The highest BCUT2D eigenvalue weighted by Crippen LogP contribution is 2.25. The van der Waals surface area contributed by atoms with Crippen LogP contribution in [0.25, 0.3) is 22.2 Å². The number of aromatic amines is 1. The first-order valence-electron chi connectivity index (χ1n) is 6.71. The first kappa shape index (κ1) is 12.9. The largest absolute Gasteiger partial charge is 0.346 e. The minimum Gasteiger partial charge on any atom is -0.346 e. The number of rotatable bonds is 3. The second kappa shape index (κ2) is 5.51. The lowest BCUT2D eigenvalue weighted by Gasteiger charge is -2.09. The van der Waals surface area contributed by atoms with Gasteiger partial charge in [-0.3, -0.25) is 4.98 Å². The fourth-order valence-electron chi connectivity index (χ4n) is 2.40. The monoisotopic (exact) mass is 281 g/mol. The van der Waals surface area contributed by atoms with E-state index in [1.165, 1.54) is 0 Å². The van der Waals surface area contributed by atoms with Crippen molar-refractivity contribution in [2.45, 2.75) is 19.8 Å². The van der Waals surface area contributed by atoms with Gasteiger partial charge in [-0.25, -0.2) is 4.98 Å². The van der Waals surface area contributed by atoms with Crippen molar-refractivity contribution < 1.29 is 0 Å². The molecule has 0 amide bonds. The SMILES string of the molecule is CCCc1c(-c2ccc3ncccc3c2)[nH]cnc1=S. The van der Waals surface area contributed by atoms with E-state index in [0.29, 0.717) is 4.64 Å². The van der Waals surface area contributed by atoms with Crippen molar-refractivity contribution in [2.75, 3.05) is 0 Å². The highest BCUT2D eigenvalue weighted by Gasteiger charge is 2.08. The van der Waals surface area contributed by atoms with Crippen LogP contribution in [0.15, 0.2) is 42.9 Å². The number of nitrogens with one attached hydrogen (secondary N) is 1. The highest BCUT2D eigenvalue weighted by molar-refractivity contribution is 7.71. The van der Waals surface area contributed by atoms with Gasteiger partial charge in [0.1, 0.15) is 4.64 Å². The summed E-state index contributed by atoms with van der Waals surface area (Å²) in [4.78, 5) is 11.8. The maximum absolute atomic E-state index is 5.36. The number of pyridine rings is 1. The lowest BCUT2D eigenvalue weighted by atomic mass is 10.0. The van der Waals surface area contributed by atoms with Crippen LogP contribution in [-0.4, -0.2) is 15.0 Å². The summed E-state index contributed by atoms with van der Waals surface area (Å²) in [5, 5.41) is 1.13. The van der Waals surface area contributed by atoms with Crippen molar-refractivity contribution in [1.82, 2.24) is 15.0 Å². The predicted molar refractivity (Wildman–Crippen MR) is 84.2 cm³/mol. The summed E-state index contributed by atoms with van der Waals surface area (Å²) in [5.74, 6) is 0. The number of fused-ring (bicyclic) bond motifs is 1. The topological polar surface area (TPSA) is 41.6 Å². The third kappa shape index (κ3) is 2.34. The molecular formula is C16H15N3S. The summed E-state index contributed by atoms with van der Waals surface area (Å²) < 4.78 is 0.687. The van der Waals surface area contributed by atoms with E-state index >= 15 is 0 Å². The Morgan fingerprint density at radius 2 is 2.10 bits per heavy atom. The average Bonchev–Trinajstić information content (AvgIpc) is 2.49. The third-order valence-corrected chi connectivity index (χ3v) is 3.69. The van der Waals surface area contributed by atoms with E-state index in [-0.39, 0.29) is 0 Å². The van der Waals surface area contributed by atoms with Gasteiger partial charge in [-0.05, 0) is 30.2 Å². The Kier molecular flexibility index (Phi) is 3.56. The first-order valence-corrected chi connectivity index (χ1v) is 7.12. The van der Waals surface area contributed by atoms with Crippen LogP contribution in [0.4, 0.5) is 0 Å². The summed E-state index contributed by atoms with van der Waals surface area (Å²) >= 11 is 5.36. The Balaban J connectivity index is 2.20. The number of nitrogens with zero attached hydrogens (tertiary/aromatic N) is 2. The van der Waals surface area contributed by atoms with Crippen molar-refractivity contribution in [2.24, 2.45) is 0 Å². The molecule has 0 aliphatic heterocycles. The standard InChI is InChI=1S/C16H15N3S/c1-2-4-13-15(18-10-19-16(13)20)12-6-7-14-11(9-12)5-3-8-17-14/h3,5-10H,2,4H2,1H3,(H,18,19,20). The van der Waals surface area contributed by atoms with Gasteiger partial charge >= 0.3 is 0 Å². The molecular weight excluding hydrogens is 266 g/mol. The fourth-order valence-corrected chi connectivity index (χ4v) is 2.65. The zero-order valence-electron chi connectivity index (χ0n) is 11.3. The van der Waals surface area contributed by atoms with Crippen LogP contribution in [0.1, 0.15) is 18.9 Å². The summed E-state index contributed by atoms with van der Waals surface area (Å²) in [7, 11) is 0. The summed E-state index contributed by atoms with van der Waals surface area (Å²) in [5.41, 5.74) is 4.31. The van der Waals surface area contributed by atoms with E-state index in [4.69, 9.17) is 12.2 Å². The number of H-pyrrole nitrogens is 1. The van der Waals surface area contributed by atoms with Crippen LogP contribution in [0.2, 0.25) is 0 Å². The second-order valence-electron chi connectivity index (χ2n) is 4.72. The lowest BCUT2D eigenvalue weighted by molar-refractivity contribution is 0.898. The zero-order valence-corrected chi connectivity index (χ0v) is 12.1. The summed E-state index contributed by atoms with van der Waals surface area (Å²) in [6, 6.07) is 10.3. The van der Waals surface area contributed by atoms with E-state index in [0.717, 1.165) is 40.6 Å². The van der Waals surface area contributed by atoms with Crippen molar-refractivity contribution in [3.63, 3.8) is 0 Å². The van der Waals surface area contributed by atoms with E-state index in [1.807, 2.05) is 18.3 Å². The third-order valence-electron chi connectivity index (χ3n) is 3.34. The Labute approximate surface area is 122 Å². The Morgan fingerprint density at radius 1 is 1.20 bits per heavy atom. The molecule has 3 nitrogen and oxygen atoms in total. The second-order valence-corrected chi connectivity index (χ2v) is 5.11. The van der Waals surface area contributed by atoms with Crippen LogP contribution in [-0.2, 0) is 6.42 Å². The molecule has 0 aliphatic rings. The summed E-state index contributed by atoms with van der Waals surface area (Å²) in [6.07, 6.45) is 5.46. The molecule has 0 spiro atoms. The van der Waals surface area contributed by atoms with Crippen molar-refractivity contribution >= 4 is 23.1 Å². The van der Waals surface area contributed by atoms with Crippen LogP contribution in [0.5, 0.6) is 0 Å². The maximum Gasteiger partial charge on any atom is 0.133 e. The van der Waals surface area contributed by atoms with Crippen molar-refractivity contribution in [1.29, 1.82) is 0 Å². The molecule has 0 radical (unpaired) electrons. The average molecular weight is 281 g/mol. The smallest absolute Gasteiger partial charge is 0.133 e. The molecule has 0 aliphatic carbocycles. The normalized spacial score (nSPS) is 10.8. The summed E-state index contributed by atoms with van der Waals surface area (Å²) in [6.45, 7) is 2.15. The number of benzene rings is 1. The van der Waals surface area contributed by atoms with E-state index in [9.17, 15) is 0 Å². The first-order chi connectivity index (χ1) is 9.79. The predicted octanol–water partition coefficient (Wildman–Crippen LogP) is 4.31. The minimum absolute atomic E-state index is 0.687. The van der Waals surface area contributed by atoms with Crippen LogP contribution in [0, 0.1) is 4.64 Å². The molecule has 4 heteroatoms. The van der Waals surface area contributed by atoms with Crippen LogP contribution in [0.3, 0.4) is 0 Å². The molecule has 1 aromatic carbocycles. The zero-order chi connectivity index (χ0) is 13.9. The lowest BCUT2D eigenvalue weighted by Crippen LogP contribution is -1.96. The maximum atomic E-state index is 5.36. The van der Waals surface area contributed by atoms with Gasteiger partial charge in [0.05, 0.1) is 17.5 Å². The molecule has 0 saturated carbocycles. The van der Waals surface area contributed by atoms with Gasteiger partial charge in [0, 0.05) is 17.1 Å². The number of aromatic nitrogens is 3. The van der Waals surface area contributed by atoms with Crippen LogP contribution < -0.4 is 0 Å². The van der Waals surface area contributed by atoms with Crippen LogP contribution >= 0.6 is 12.2 Å². The molecule has 20 heavy (non-hydrogen) atoms. The Morgan fingerprint density at radius 3 is 2.95 bits per heavy atom. The molecule has 0 bridgehead atoms. The number of hydrogen-bond acceptors (Lipinski definition) is 3. The van der Waals surface area contributed by atoms with Crippen molar-refractivity contribution in [3.05, 3.63) is 53.1 Å². The Bertz CT molecular complexity index is 808. The van der Waals surface area contributed by atoms with Gasteiger partial charge in [-0.15, -0.1) is 0 Å². The molecule has 0 atom stereocenters.